The van der Waals surface area contributed by atoms with Crippen LogP contribution in [-0.4, -0.2) is 55.9 Å². The number of carbonyl (C=O) groups excluding carboxylic acids is 1. The van der Waals surface area contributed by atoms with Crippen LogP contribution in [0.1, 0.15) is 6.92 Å². The molecule has 198 valence electrons. The van der Waals surface area contributed by atoms with Crippen molar-refractivity contribution in [3.63, 3.8) is 0 Å². The van der Waals surface area contributed by atoms with Gasteiger partial charge in [-0.1, -0.05) is 0 Å². The molecule has 0 heterocycles. The molecular weight excluding hydrogens is 500 g/mol. The minimum atomic E-state index is -4.29. The van der Waals surface area contributed by atoms with Crippen LogP contribution in [0, 0.1) is 0 Å². The van der Waals surface area contributed by atoms with E-state index >= 15 is 0 Å². The monoisotopic (exact) mass is 530 g/mol. The summed E-state index contributed by atoms with van der Waals surface area (Å²) in [5, 5.41) is 2.72. The fraction of sp³-hybridized carbons (Fsp3) is 0.269. The van der Waals surface area contributed by atoms with Crippen molar-refractivity contribution < 1.29 is 36.9 Å². The Kier molecular flexibility index (Phi) is 9.07. The average Bonchev–Trinajstić information content (AvgIpc) is 2.92. The fourth-order valence-corrected chi connectivity index (χ4v) is 4.97. The minimum absolute atomic E-state index is 0.108. The second-order valence-corrected chi connectivity index (χ2v) is 9.43. The standard InChI is InChI=1S/C26H30N2O8S/c1-6-36-19-9-7-18(8-10-19)27-26(29)17-28(22-15-20(32-2)11-13-23(22)33-3)37(30,31)21-12-14-24(34-4)25(16-21)35-5/h7-16H,6,17H2,1-5H3,(H,27,29). The molecule has 3 aromatic carbocycles. The van der Waals surface area contributed by atoms with E-state index in [0.717, 1.165) is 4.31 Å². The lowest BCUT2D eigenvalue weighted by atomic mass is 10.2. The van der Waals surface area contributed by atoms with Crippen molar-refractivity contribution in [2.75, 3.05) is 51.2 Å². The number of benzene rings is 3. The van der Waals surface area contributed by atoms with E-state index in [1.807, 2.05) is 6.92 Å². The van der Waals surface area contributed by atoms with Gasteiger partial charge in [0.1, 0.15) is 23.8 Å². The zero-order valence-corrected chi connectivity index (χ0v) is 22.1. The van der Waals surface area contributed by atoms with Crippen molar-refractivity contribution in [3.8, 4) is 28.7 Å². The Morgan fingerprint density at radius 1 is 0.784 bits per heavy atom. The van der Waals surface area contributed by atoms with Crippen molar-refractivity contribution in [1.82, 2.24) is 0 Å². The Labute approximate surface area is 216 Å². The van der Waals surface area contributed by atoms with Gasteiger partial charge in [-0.15, -0.1) is 0 Å². The summed E-state index contributed by atoms with van der Waals surface area (Å²) in [6.07, 6.45) is 0. The number of nitrogens with one attached hydrogen (secondary N) is 1. The second-order valence-electron chi connectivity index (χ2n) is 7.57. The number of ether oxygens (including phenoxy) is 5. The molecule has 11 heteroatoms. The maximum absolute atomic E-state index is 13.9. The Hall–Kier alpha value is -4.12. The molecule has 0 radical (unpaired) electrons. The quantitative estimate of drug-likeness (QED) is 0.375. The molecule has 0 spiro atoms. The zero-order valence-electron chi connectivity index (χ0n) is 21.3. The largest absolute Gasteiger partial charge is 0.497 e. The van der Waals surface area contributed by atoms with E-state index in [2.05, 4.69) is 5.32 Å². The van der Waals surface area contributed by atoms with Crippen molar-refractivity contribution >= 4 is 27.3 Å². The molecule has 0 saturated carbocycles. The van der Waals surface area contributed by atoms with Crippen molar-refractivity contribution in [3.05, 3.63) is 60.7 Å². The van der Waals surface area contributed by atoms with Gasteiger partial charge in [0.2, 0.25) is 5.91 Å². The topological polar surface area (TPSA) is 113 Å². The summed E-state index contributed by atoms with van der Waals surface area (Å²) in [6, 6.07) is 15.6. The first-order valence-corrected chi connectivity index (χ1v) is 12.7. The van der Waals surface area contributed by atoms with Gasteiger partial charge in [-0.3, -0.25) is 9.10 Å². The van der Waals surface area contributed by atoms with Gasteiger partial charge < -0.3 is 29.0 Å². The molecule has 1 N–H and O–H groups in total. The Morgan fingerprint density at radius 3 is 2.00 bits per heavy atom. The average molecular weight is 531 g/mol. The SMILES string of the molecule is CCOc1ccc(NC(=O)CN(c2cc(OC)ccc2OC)S(=O)(=O)c2ccc(OC)c(OC)c2)cc1. The summed E-state index contributed by atoms with van der Waals surface area (Å²) >= 11 is 0. The zero-order chi connectivity index (χ0) is 27.0. The van der Waals surface area contributed by atoms with E-state index in [-0.39, 0.29) is 22.1 Å². The highest BCUT2D eigenvalue weighted by atomic mass is 32.2. The smallest absolute Gasteiger partial charge is 0.265 e. The fourth-order valence-electron chi connectivity index (χ4n) is 3.53. The molecule has 0 fully saturated rings. The number of sulfonamides is 1. The van der Waals surface area contributed by atoms with Gasteiger partial charge in [-0.2, -0.15) is 0 Å². The minimum Gasteiger partial charge on any atom is -0.497 e. The van der Waals surface area contributed by atoms with Crippen LogP contribution in [0.25, 0.3) is 0 Å². The molecule has 0 aliphatic rings. The number of hydrogen-bond donors (Lipinski definition) is 1. The van der Waals surface area contributed by atoms with E-state index in [1.54, 1.807) is 36.4 Å². The molecule has 0 atom stereocenters. The van der Waals surface area contributed by atoms with E-state index in [1.165, 1.54) is 52.7 Å². The molecule has 3 aromatic rings. The molecule has 0 bridgehead atoms. The summed E-state index contributed by atoms with van der Waals surface area (Å²) in [7, 11) is 1.43. The first kappa shape index (κ1) is 27.5. The first-order chi connectivity index (χ1) is 17.8. The van der Waals surface area contributed by atoms with Crippen LogP contribution in [0.5, 0.6) is 28.7 Å². The number of methoxy groups -OCH3 is 4. The summed E-state index contributed by atoms with van der Waals surface area (Å²) < 4.78 is 55.4. The highest BCUT2D eigenvalue weighted by Crippen LogP contribution is 2.37. The van der Waals surface area contributed by atoms with Crippen LogP contribution in [0.3, 0.4) is 0 Å². The van der Waals surface area contributed by atoms with Crippen molar-refractivity contribution in [2.24, 2.45) is 0 Å². The van der Waals surface area contributed by atoms with Gasteiger partial charge in [0.25, 0.3) is 10.0 Å². The maximum atomic E-state index is 13.9. The highest BCUT2D eigenvalue weighted by molar-refractivity contribution is 7.92. The summed E-state index contributed by atoms with van der Waals surface area (Å²) in [6.45, 7) is 1.83. The maximum Gasteiger partial charge on any atom is 0.265 e. The van der Waals surface area contributed by atoms with Crippen LogP contribution >= 0.6 is 0 Å². The molecular formula is C26H30N2O8S. The highest BCUT2D eigenvalue weighted by Gasteiger charge is 2.31. The van der Waals surface area contributed by atoms with E-state index in [9.17, 15) is 13.2 Å². The van der Waals surface area contributed by atoms with Crippen LogP contribution in [0.4, 0.5) is 11.4 Å². The van der Waals surface area contributed by atoms with Gasteiger partial charge >= 0.3 is 0 Å². The van der Waals surface area contributed by atoms with E-state index in [0.29, 0.717) is 29.5 Å². The van der Waals surface area contributed by atoms with Gasteiger partial charge in [0, 0.05) is 17.8 Å². The predicted octanol–water partition coefficient (Wildman–Crippen LogP) is 3.95. The Morgan fingerprint density at radius 2 is 1.41 bits per heavy atom. The number of rotatable bonds is 12. The third-order valence-corrected chi connectivity index (χ3v) is 7.09. The van der Waals surface area contributed by atoms with Gasteiger partial charge in [-0.05, 0) is 55.5 Å². The van der Waals surface area contributed by atoms with Crippen LogP contribution in [0.2, 0.25) is 0 Å². The summed E-state index contributed by atoms with van der Waals surface area (Å²) in [4.78, 5) is 13.0. The second kappa shape index (κ2) is 12.2. The van der Waals surface area contributed by atoms with Crippen molar-refractivity contribution in [2.45, 2.75) is 11.8 Å². The third kappa shape index (κ3) is 6.36. The first-order valence-electron chi connectivity index (χ1n) is 11.3. The molecule has 0 aromatic heterocycles. The van der Waals surface area contributed by atoms with E-state index < -0.39 is 22.5 Å². The van der Waals surface area contributed by atoms with Crippen LogP contribution in [-0.2, 0) is 14.8 Å². The molecule has 0 aliphatic carbocycles. The normalized spacial score (nSPS) is 10.8. The molecule has 1 amide bonds. The number of nitrogens with zero attached hydrogens (tertiary/aromatic N) is 1. The lowest BCUT2D eigenvalue weighted by Gasteiger charge is -2.26. The van der Waals surface area contributed by atoms with Crippen LogP contribution in [0.15, 0.2) is 65.6 Å². The number of carbonyl (C=O) groups is 1. The molecule has 0 saturated heterocycles. The summed E-state index contributed by atoms with van der Waals surface area (Å²) in [5.74, 6) is 1.28. The number of anilines is 2. The third-order valence-electron chi connectivity index (χ3n) is 5.33. The van der Waals surface area contributed by atoms with Gasteiger partial charge in [-0.25, -0.2) is 8.42 Å². The molecule has 0 aliphatic heterocycles. The van der Waals surface area contributed by atoms with Crippen LogP contribution < -0.4 is 33.3 Å². The molecule has 0 unspecified atom stereocenters. The van der Waals surface area contributed by atoms with Crippen molar-refractivity contribution in [1.29, 1.82) is 0 Å². The lowest BCUT2D eigenvalue weighted by molar-refractivity contribution is -0.114. The van der Waals surface area contributed by atoms with E-state index in [4.69, 9.17) is 23.7 Å². The Bertz CT molecular complexity index is 1330. The predicted molar refractivity (Wildman–Crippen MR) is 140 cm³/mol. The lowest BCUT2D eigenvalue weighted by Crippen LogP contribution is -2.38. The molecule has 3 rings (SSSR count). The van der Waals surface area contributed by atoms with Gasteiger partial charge in [0.15, 0.2) is 11.5 Å². The van der Waals surface area contributed by atoms with Gasteiger partial charge in [0.05, 0.1) is 45.6 Å². The molecule has 10 nitrogen and oxygen atoms in total. The molecule has 37 heavy (non-hydrogen) atoms. The Balaban J connectivity index is 2.04. The number of hydrogen-bond acceptors (Lipinski definition) is 8. The summed E-state index contributed by atoms with van der Waals surface area (Å²) in [5.41, 5.74) is 0.605. The number of amides is 1.